The van der Waals surface area contributed by atoms with Crippen LogP contribution in [0.2, 0.25) is 0 Å². The van der Waals surface area contributed by atoms with Gasteiger partial charge in [-0.3, -0.25) is 4.79 Å². The number of ether oxygens (including phenoxy) is 1. The van der Waals surface area contributed by atoms with Crippen molar-refractivity contribution in [3.05, 3.63) is 60.6 Å². The maximum atomic E-state index is 13.2. The minimum absolute atomic E-state index is 0.0915. The fraction of sp³-hybridized carbons (Fsp3) is 0.292. The third-order valence-electron chi connectivity index (χ3n) is 6.20. The highest BCUT2D eigenvalue weighted by Gasteiger charge is 2.47. The zero-order valence-electron chi connectivity index (χ0n) is 18.7. The molecule has 0 bridgehead atoms. The van der Waals surface area contributed by atoms with Crippen molar-refractivity contribution >= 4 is 35.3 Å². The van der Waals surface area contributed by atoms with E-state index in [0.29, 0.717) is 17.2 Å². The van der Waals surface area contributed by atoms with E-state index >= 15 is 0 Å². The summed E-state index contributed by atoms with van der Waals surface area (Å²) in [5.41, 5.74) is 1.44. The predicted octanol–water partition coefficient (Wildman–Crippen LogP) is 2.91. The minimum atomic E-state index is -0.491. The second kappa shape index (κ2) is 9.16. The minimum Gasteiger partial charge on any atom is -0.454 e. The molecule has 3 N–H and O–H groups in total. The topological polar surface area (TPSA) is 121 Å². The number of carbonyl (C=O) groups is 2. The molecule has 178 valence electrons. The molecule has 0 saturated carbocycles. The molecular weight excluding hydrogens is 466 g/mol. The third-order valence-corrected chi connectivity index (χ3v) is 7.49. The number of carbonyl (C=O) groups excluding carboxylic acids is 2. The van der Waals surface area contributed by atoms with Crippen molar-refractivity contribution in [3.63, 3.8) is 0 Å². The van der Waals surface area contributed by atoms with Gasteiger partial charge in [0.1, 0.15) is 16.0 Å². The van der Waals surface area contributed by atoms with Crippen LogP contribution in [0, 0.1) is 0 Å². The van der Waals surface area contributed by atoms with E-state index in [2.05, 4.69) is 30.9 Å². The smallest absolute Gasteiger partial charge is 0.329 e. The highest BCUT2D eigenvalue weighted by Crippen LogP contribution is 2.50. The molecule has 3 atom stereocenters. The number of nitrogens with zero attached hydrogens (tertiary/aromatic N) is 4. The van der Waals surface area contributed by atoms with Crippen LogP contribution in [0.25, 0.3) is 0 Å². The number of para-hydroxylation sites is 1. The number of nitrogens with one attached hydrogen (secondary N) is 3. The maximum absolute atomic E-state index is 13.2. The van der Waals surface area contributed by atoms with Crippen molar-refractivity contribution in [2.75, 3.05) is 18.0 Å². The van der Waals surface area contributed by atoms with Gasteiger partial charge in [-0.15, -0.1) is 0 Å². The van der Waals surface area contributed by atoms with Gasteiger partial charge in [0.05, 0.1) is 24.1 Å². The van der Waals surface area contributed by atoms with E-state index in [4.69, 9.17) is 4.74 Å². The highest BCUT2D eigenvalue weighted by atomic mass is 32.2. The molecule has 1 saturated heterocycles. The summed E-state index contributed by atoms with van der Waals surface area (Å²) in [6, 6.07) is 10.3. The molecule has 2 aromatic heterocycles. The molecule has 3 aliphatic heterocycles. The van der Waals surface area contributed by atoms with Crippen LogP contribution < -0.4 is 25.6 Å². The Hall–Kier alpha value is -3.70. The molecule has 0 spiro atoms. The number of piperidine rings is 1. The van der Waals surface area contributed by atoms with E-state index in [1.54, 1.807) is 12.3 Å². The highest BCUT2D eigenvalue weighted by molar-refractivity contribution is 8.01. The van der Waals surface area contributed by atoms with Gasteiger partial charge in [0.2, 0.25) is 11.9 Å². The summed E-state index contributed by atoms with van der Waals surface area (Å²) in [4.78, 5) is 41.0. The lowest BCUT2D eigenvalue weighted by atomic mass is 10.00. The van der Waals surface area contributed by atoms with Gasteiger partial charge in [-0.05, 0) is 37.6 Å². The molecule has 3 aliphatic rings. The van der Waals surface area contributed by atoms with Crippen LogP contribution >= 0.6 is 11.8 Å². The summed E-state index contributed by atoms with van der Waals surface area (Å²) in [5.74, 6) is 1.24. The predicted molar refractivity (Wildman–Crippen MR) is 130 cm³/mol. The Balaban J connectivity index is 1.24. The molecule has 2 unspecified atom stereocenters. The number of thioether (sulfide) groups is 1. The molecule has 1 aromatic carbocycles. The van der Waals surface area contributed by atoms with Crippen LogP contribution in [-0.4, -0.2) is 51.3 Å². The zero-order valence-corrected chi connectivity index (χ0v) is 19.5. The number of aromatic nitrogens is 3. The Labute approximate surface area is 205 Å². The Kier molecular flexibility index (Phi) is 5.71. The molecule has 3 amide bonds. The Morgan fingerprint density at radius 1 is 1.11 bits per heavy atom. The quantitative estimate of drug-likeness (QED) is 0.500. The summed E-state index contributed by atoms with van der Waals surface area (Å²) in [6.07, 6.45) is 6.67. The largest absolute Gasteiger partial charge is 0.454 e. The third kappa shape index (κ3) is 4.17. The van der Waals surface area contributed by atoms with Gasteiger partial charge in [0.15, 0.2) is 5.75 Å². The van der Waals surface area contributed by atoms with E-state index in [1.807, 2.05) is 30.3 Å². The number of amides is 3. The molecule has 11 heteroatoms. The number of hydrogen-bond donors (Lipinski definition) is 3. The fourth-order valence-electron chi connectivity index (χ4n) is 4.58. The van der Waals surface area contributed by atoms with Gasteiger partial charge in [-0.1, -0.05) is 30.0 Å². The van der Waals surface area contributed by atoms with E-state index in [0.717, 1.165) is 36.5 Å². The number of hydrogen-bond acceptors (Lipinski definition) is 8. The molecule has 5 heterocycles. The molecule has 1 fully saturated rings. The lowest BCUT2D eigenvalue weighted by molar-refractivity contribution is -0.121. The summed E-state index contributed by atoms with van der Waals surface area (Å²) >= 11 is 1.38. The number of benzene rings is 1. The van der Waals surface area contributed by atoms with Gasteiger partial charge in [0.25, 0.3) is 0 Å². The van der Waals surface area contributed by atoms with Crippen LogP contribution in [0.3, 0.4) is 0 Å². The first-order valence-corrected chi connectivity index (χ1v) is 12.4. The van der Waals surface area contributed by atoms with Crippen molar-refractivity contribution in [1.29, 1.82) is 0 Å². The molecule has 0 aliphatic carbocycles. The Morgan fingerprint density at radius 3 is 2.71 bits per heavy atom. The summed E-state index contributed by atoms with van der Waals surface area (Å²) in [7, 11) is 0. The Morgan fingerprint density at radius 2 is 1.94 bits per heavy atom. The van der Waals surface area contributed by atoms with E-state index in [9.17, 15) is 9.59 Å². The SMILES string of the molecule is O=C(NC1CCCNC1)[C@@H]1Sc2nccc3c2C1NC(=O)N3c1ncc(Oc2ccccc2)cn1. The number of rotatable bonds is 5. The van der Waals surface area contributed by atoms with Gasteiger partial charge in [-0.25, -0.2) is 24.6 Å². The zero-order chi connectivity index (χ0) is 23.8. The van der Waals surface area contributed by atoms with E-state index in [1.165, 1.54) is 29.1 Å². The first-order chi connectivity index (χ1) is 17.2. The molecular formula is C24H23N7O3S. The molecule has 10 nitrogen and oxygen atoms in total. The van der Waals surface area contributed by atoms with Crippen molar-refractivity contribution in [1.82, 2.24) is 30.9 Å². The second-order valence-corrected chi connectivity index (χ2v) is 9.67. The van der Waals surface area contributed by atoms with Crippen molar-refractivity contribution in [3.8, 4) is 11.5 Å². The lowest BCUT2D eigenvalue weighted by Gasteiger charge is -2.33. The van der Waals surface area contributed by atoms with Crippen molar-refractivity contribution < 1.29 is 14.3 Å². The molecule has 0 radical (unpaired) electrons. The van der Waals surface area contributed by atoms with Crippen molar-refractivity contribution in [2.24, 2.45) is 0 Å². The van der Waals surface area contributed by atoms with Crippen LogP contribution in [0.4, 0.5) is 16.4 Å². The molecule has 35 heavy (non-hydrogen) atoms. The van der Waals surface area contributed by atoms with Gasteiger partial charge in [-0.2, -0.15) is 0 Å². The van der Waals surface area contributed by atoms with Gasteiger partial charge < -0.3 is 20.7 Å². The summed E-state index contributed by atoms with van der Waals surface area (Å²) in [6.45, 7) is 1.73. The number of pyridine rings is 1. The Bertz CT molecular complexity index is 1250. The second-order valence-electron chi connectivity index (χ2n) is 8.54. The van der Waals surface area contributed by atoms with Crippen molar-refractivity contribution in [2.45, 2.75) is 35.2 Å². The average Bonchev–Trinajstić information content (AvgIpc) is 3.26. The first-order valence-electron chi connectivity index (χ1n) is 11.5. The molecule has 3 aromatic rings. The monoisotopic (exact) mass is 489 g/mol. The molecule has 6 rings (SSSR count). The fourth-order valence-corrected chi connectivity index (χ4v) is 5.82. The van der Waals surface area contributed by atoms with E-state index in [-0.39, 0.29) is 17.9 Å². The number of anilines is 2. The van der Waals surface area contributed by atoms with E-state index < -0.39 is 17.3 Å². The van der Waals surface area contributed by atoms with Gasteiger partial charge >= 0.3 is 6.03 Å². The average molecular weight is 490 g/mol. The normalized spacial score (nSPS) is 22.8. The van der Waals surface area contributed by atoms with Crippen LogP contribution in [0.5, 0.6) is 11.5 Å². The van der Waals surface area contributed by atoms with Crippen LogP contribution in [-0.2, 0) is 4.79 Å². The van der Waals surface area contributed by atoms with Gasteiger partial charge in [0, 0.05) is 24.3 Å². The summed E-state index contributed by atoms with van der Waals surface area (Å²) < 4.78 is 5.76. The first kappa shape index (κ1) is 21.8. The lowest BCUT2D eigenvalue weighted by Crippen LogP contribution is -2.52. The number of urea groups is 1. The standard InChI is InChI=1S/C24H23N7O3S/c32-21(29-14-5-4-9-25-11-14)20-19-18-17(8-10-26-22(18)35-20)31(24(33)30-19)23-27-12-16(13-28-23)34-15-6-2-1-3-7-15/h1-3,6-8,10,12-14,19-20,25H,4-5,9,11H2,(H,29,32)(H,30,33)/t14?,19?,20-/m1/s1. The van der Waals surface area contributed by atoms with Crippen LogP contribution in [0.15, 0.2) is 60.0 Å². The maximum Gasteiger partial charge on any atom is 0.329 e. The summed E-state index contributed by atoms with van der Waals surface area (Å²) in [5, 5.41) is 9.66. The van der Waals surface area contributed by atoms with Crippen LogP contribution in [0.1, 0.15) is 24.4 Å².